The van der Waals surface area contributed by atoms with Crippen LogP contribution in [0.25, 0.3) is 0 Å². The Morgan fingerprint density at radius 3 is 2.82 bits per heavy atom. The van der Waals surface area contributed by atoms with E-state index in [1.165, 1.54) is 11.3 Å². The number of rotatable bonds is 4. The maximum atomic E-state index is 5.37. The fourth-order valence-corrected chi connectivity index (χ4v) is 2.71. The van der Waals surface area contributed by atoms with Crippen LogP contribution in [0, 0.1) is 6.92 Å². The van der Waals surface area contributed by atoms with E-state index < -0.39 is 0 Å². The van der Waals surface area contributed by atoms with E-state index in [9.17, 15) is 0 Å². The zero-order valence-electron chi connectivity index (χ0n) is 13.2. The van der Waals surface area contributed by atoms with Gasteiger partial charge in [0.25, 0.3) is 0 Å². The number of nitrogens with zero attached hydrogens (tertiary/aromatic N) is 4. The molecule has 0 radical (unpaired) electrons. The van der Waals surface area contributed by atoms with Crippen molar-refractivity contribution in [2.24, 2.45) is 0 Å². The number of pyridine rings is 1. The smallest absolute Gasteiger partial charge is 0.220 e. The fraction of sp³-hybridized carbons (Fsp3) is 0.438. The minimum atomic E-state index is 0.563. The SMILES string of the molecule is COc1ccc(CN2CCc3nc(C)ncc3C2)c(OC)n1. The second-order valence-corrected chi connectivity index (χ2v) is 5.37. The first-order chi connectivity index (χ1) is 10.7. The molecule has 1 aliphatic rings. The fourth-order valence-electron chi connectivity index (χ4n) is 2.71. The highest BCUT2D eigenvalue weighted by Crippen LogP contribution is 2.24. The molecule has 0 unspecified atom stereocenters. The van der Waals surface area contributed by atoms with Gasteiger partial charge in [0.2, 0.25) is 11.8 Å². The molecule has 0 aromatic carbocycles. The molecule has 0 amide bonds. The Balaban J connectivity index is 1.76. The number of fused-ring (bicyclic) bond motifs is 1. The molecule has 3 heterocycles. The van der Waals surface area contributed by atoms with Crippen LogP contribution in [0.5, 0.6) is 11.8 Å². The van der Waals surface area contributed by atoms with Crippen molar-refractivity contribution >= 4 is 0 Å². The van der Waals surface area contributed by atoms with Crippen molar-refractivity contribution in [2.75, 3.05) is 20.8 Å². The van der Waals surface area contributed by atoms with E-state index in [0.717, 1.165) is 37.4 Å². The first kappa shape index (κ1) is 14.7. The van der Waals surface area contributed by atoms with Gasteiger partial charge in [0.1, 0.15) is 5.82 Å². The lowest BCUT2D eigenvalue weighted by molar-refractivity contribution is 0.237. The third-order valence-electron chi connectivity index (χ3n) is 3.84. The van der Waals surface area contributed by atoms with Crippen LogP contribution in [0.4, 0.5) is 0 Å². The van der Waals surface area contributed by atoms with Crippen LogP contribution in [0.1, 0.15) is 22.6 Å². The van der Waals surface area contributed by atoms with Crippen molar-refractivity contribution in [3.05, 3.63) is 41.0 Å². The van der Waals surface area contributed by atoms with E-state index in [2.05, 4.69) is 19.9 Å². The zero-order chi connectivity index (χ0) is 15.5. The third kappa shape index (κ3) is 3.01. The Morgan fingerprint density at radius 2 is 2.05 bits per heavy atom. The van der Waals surface area contributed by atoms with Gasteiger partial charge in [-0.2, -0.15) is 4.98 Å². The predicted octanol–water partition coefficient (Wildman–Crippen LogP) is 1.76. The number of methoxy groups -OCH3 is 2. The second-order valence-electron chi connectivity index (χ2n) is 5.37. The summed E-state index contributed by atoms with van der Waals surface area (Å²) in [5.74, 6) is 2.02. The van der Waals surface area contributed by atoms with Gasteiger partial charge in [-0.05, 0) is 13.0 Å². The molecular weight excluding hydrogens is 280 g/mol. The number of aromatic nitrogens is 3. The lowest BCUT2D eigenvalue weighted by Crippen LogP contribution is -2.31. The molecule has 2 aromatic rings. The molecule has 1 aliphatic heterocycles. The molecule has 2 aromatic heterocycles. The Kier molecular flexibility index (Phi) is 4.20. The maximum Gasteiger partial charge on any atom is 0.220 e. The van der Waals surface area contributed by atoms with Crippen molar-refractivity contribution in [1.82, 2.24) is 19.9 Å². The number of hydrogen-bond acceptors (Lipinski definition) is 6. The standard InChI is InChI=1S/C16H20N4O2/c1-11-17-8-13-10-20(7-6-14(13)18-11)9-12-4-5-15(21-2)19-16(12)22-3/h4-5,8H,6-7,9-10H2,1-3H3. The van der Waals surface area contributed by atoms with Gasteiger partial charge in [0.15, 0.2) is 0 Å². The van der Waals surface area contributed by atoms with Gasteiger partial charge >= 0.3 is 0 Å². The molecule has 0 fully saturated rings. The maximum absolute atomic E-state index is 5.37. The van der Waals surface area contributed by atoms with E-state index in [0.29, 0.717) is 11.8 Å². The number of hydrogen-bond donors (Lipinski definition) is 0. The molecule has 0 saturated carbocycles. The summed E-state index contributed by atoms with van der Waals surface area (Å²) >= 11 is 0. The average molecular weight is 300 g/mol. The molecule has 0 aliphatic carbocycles. The minimum absolute atomic E-state index is 0.563. The summed E-state index contributed by atoms with van der Waals surface area (Å²) in [5.41, 5.74) is 3.43. The summed E-state index contributed by atoms with van der Waals surface area (Å²) in [6, 6.07) is 3.87. The number of ether oxygens (including phenoxy) is 2. The highest BCUT2D eigenvalue weighted by Gasteiger charge is 2.19. The normalized spacial score (nSPS) is 14.5. The van der Waals surface area contributed by atoms with Crippen LogP contribution in [0.15, 0.2) is 18.3 Å². The molecule has 116 valence electrons. The molecule has 0 saturated heterocycles. The Morgan fingerprint density at radius 1 is 1.18 bits per heavy atom. The summed E-state index contributed by atoms with van der Waals surface area (Å²) in [6.45, 7) is 4.54. The molecule has 0 atom stereocenters. The van der Waals surface area contributed by atoms with E-state index in [4.69, 9.17) is 9.47 Å². The monoisotopic (exact) mass is 300 g/mol. The largest absolute Gasteiger partial charge is 0.481 e. The molecule has 0 bridgehead atoms. The second kappa shape index (κ2) is 6.27. The quantitative estimate of drug-likeness (QED) is 0.857. The molecule has 0 spiro atoms. The lowest BCUT2D eigenvalue weighted by Gasteiger charge is -2.28. The molecular formula is C16H20N4O2. The Bertz CT molecular complexity index is 675. The summed E-state index contributed by atoms with van der Waals surface area (Å²) in [6.07, 6.45) is 2.89. The van der Waals surface area contributed by atoms with Crippen molar-refractivity contribution in [3.8, 4) is 11.8 Å². The minimum Gasteiger partial charge on any atom is -0.481 e. The van der Waals surface area contributed by atoms with E-state index in [-0.39, 0.29) is 0 Å². The first-order valence-electron chi connectivity index (χ1n) is 7.31. The zero-order valence-corrected chi connectivity index (χ0v) is 13.2. The van der Waals surface area contributed by atoms with Crippen LogP contribution < -0.4 is 9.47 Å². The Hall–Kier alpha value is -2.21. The third-order valence-corrected chi connectivity index (χ3v) is 3.84. The molecule has 0 N–H and O–H groups in total. The summed E-state index contributed by atoms with van der Waals surface area (Å²) in [7, 11) is 3.23. The Labute approximate surface area is 130 Å². The van der Waals surface area contributed by atoms with Crippen molar-refractivity contribution < 1.29 is 9.47 Å². The summed E-state index contributed by atoms with van der Waals surface area (Å²) < 4.78 is 10.5. The van der Waals surface area contributed by atoms with Crippen LogP contribution in [-0.4, -0.2) is 40.6 Å². The molecule has 6 nitrogen and oxygen atoms in total. The lowest BCUT2D eigenvalue weighted by atomic mass is 10.1. The predicted molar refractivity (Wildman–Crippen MR) is 81.9 cm³/mol. The average Bonchev–Trinajstić information content (AvgIpc) is 2.55. The van der Waals surface area contributed by atoms with Crippen molar-refractivity contribution in [2.45, 2.75) is 26.4 Å². The van der Waals surface area contributed by atoms with E-state index >= 15 is 0 Å². The van der Waals surface area contributed by atoms with Crippen LogP contribution in [0.2, 0.25) is 0 Å². The molecule has 6 heteroatoms. The van der Waals surface area contributed by atoms with Crippen molar-refractivity contribution in [1.29, 1.82) is 0 Å². The topological polar surface area (TPSA) is 60.4 Å². The first-order valence-corrected chi connectivity index (χ1v) is 7.31. The van der Waals surface area contributed by atoms with E-state index in [1.54, 1.807) is 14.2 Å². The number of aryl methyl sites for hydroxylation is 1. The van der Waals surface area contributed by atoms with Gasteiger partial charge in [-0.1, -0.05) is 0 Å². The highest BCUT2D eigenvalue weighted by atomic mass is 16.5. The van der Waals surface area contributed by atoms with Crippen LogP contribution in [0.3, 0.4) is 0 Å². The molecule has 22 heavy (non-hydrogen) atoms. The molecule has 3 rings (SSSR count). The van der Waals surface area contributed by atoms with Gasteiger partial charge in [0, 0.05) is 55.1 Å². The van der Waals surface area contributed by atoms with Gasteiger partial charge in [-0.15, -0.1) is 0 Å². The van der Waals surface area contributed by atoms with Gasteiger partial charge < -0.3 is 9.47 Å². The van der Waals surface area contributed by atoms with Gasteiger partial charge in [-0.3, -0.25) is 4.90 Å². The van der Waals surface area contributed by atoms with Crippen molar-refractivity contribution in [3.63, 3.8) is 0 Å². The summed E-state index contributed by atoms with van der Waals surface area (Å²) in [5, 5.41) is 0. The summed E-state index contributed by atoms with van der Waals surface area (Å²) in [4.78, 5) is 15.5. The van der Waals surface area contributed by atoms with Crippen LogP contribution in [-0.2, 0) is 19.5 Å². The highest BCUT2D eigenvalue weighted by molar-refractivity contribution is 5.31. The van der Waals surface area contributed by atoms with Crippen LogP contribution >= 0.6 is 0 Å². The van der Waals surface area contributed by atoms with E-state index in [1.807, 2.05) is 25.3 Å². The van der Waals surface area contributed by atoms with Gasteiger partial charge in [0.05, 0.1) is 14.2 Å². The van der Waals surface area contributed by atoms with Gasteiger partial charge in [-0.25, -0.2) is 9.97 Å².